The number of ether oxygens (including phenoxy) is 1. The third kappa shape index (κ3) is 1.79. The van der Waals surface area contributed by atoms with E-state index in [-0.39, 0.29) is 0 Å². The van der Waals surface area contributed by atoms with Gasteiger partial charge in [-0.1, -0.05) is 6.42 Å². The number of nitrogens with one attached hydrogen (secondary N) is 1. The Labute approximate surface area is 108 Å². The van der Waals surface area contributed by atoms with Crippen LogP contribution in [-0.4, -0.2) is 28.7 Å². The molecule has 1 N–H and O–H groups in total. The quantitative estimate of drug-likeness (QED) is 0.888. The minimum atomic E-state index is 0.384. The van der Waals surface area contributed by atoms with Gasteiger partial charge in [0.2, 0.25) is 0 Å². The summed E-state index contributed by atoms with van der Waals surface area (Å²) in [6.07, 6.45) is 7.30. The van der Waals surface area contributed by atoms with Crippen LogP contribution in [0.3, 0.4) is 0 Å². The van der Waals surface area contributed by atoms with Crippen molar-refractivity contribution < 1.29 is 4.74 Å². The maximum absolute atomic E-state index is 5.85. The number of rotatable bonds is 4. The fourth-order valence-electron chi connectivity index (χ4n) is 3.36. The van der Waals surface area contributed by atoms with E-state index in [0.717, 1.165) is 24.7 Å². The molecule has 0 bridgehead atoms. The van der Waals surface area contributed by atoms with E-state index in [0.29, 0.717) is 17.6 Å². The standard InChI is InChI=1S/C14H21N3O/c1-3-18-12-9-11(14(12)6-4-7-14)17-13-5-8-15-10(2)16-13/h5,8,11-12H,3-4,6-7,9H2,1-2H3,(H,15,16,17)/t11-,12-/m1/s1. The summed E-state index contributed by atoms with van der Waals surface area (Å²) in [7, 11) is 0. The lowest BCUT2D eigenvalue weighted by Crippen LogP contribution is -2.64. The van der Waals surface area contributed by atoms with E-state index in [1.54, 1.807) is 0 Å². The summed E-state index contributed by atoms with van der Waals surface area (Å²) in [6, 6.07) is 2.48. The highest BCUT2D eigenvalue weighted by Gasteiger charge is 2.58. The second-order valence-corrected chi connectivity index (χ2v) is 5.45. The molecule has 18 heavy (non-hydrogen) atoms. The summed E-state index contributed by atoms with van der Waals surface area (Å²) >= 11 is 0. The van der Waals surface area contributed by atoms with Crippen LogP contribution in [0.1, 0.15) is 38.4 Å². The third-order valence-corrected chi connectivity index (χ3v) is 4.54. The molecule has 2 atom stereocenters. The molecule has 3 rings (SSSR count). The number of hydrogen-bond donors (Lipinski definition) is 1. The lowest BCUT2D eigenvalue weighted by Gasteiger charge is -2.61. The van der Waals surface area contributed by atoms with Gasteiger partial charge >= 0.3 is 0 Å². The molecule has 1 aromatic rings. The van der Waals surface area contributed by atoms with Crippen LogP contribution in [0.25, 0.3) is 0 Å². The molecule has 4 heteroatoms. The molecule has 0 radical (unpaired) electrons. The Kier molecular flexibility index (Phi) is 2.98. The second-order valence-electron chi connectivity index (χ2n) is 5.45. The summed E-state index contributed by atoms with van der Waals surface area (Å²) in [4.78, 5) is 8.56. The molecule has 0 saturated heterocycles. The van der Waals surface area contributed by atoms with Crippen molar-refractivity contribution in [3.8, 4) is 0 Å². The Morgan fingerprint density at radius 1 is 1.50 bits per heavy atom. The lowest BCUT2D eigenvalue weighted by molar-refractivity contribution is -0.157. The van der Waals surface area contributed by atoms with Gasteiger partial charge in [0, 0.05) is 24.3 Å². The van der Waals surface area contributed by atoms with Gasteiger partial charge in [-0.15, -0.1) is 0 Å². The van der Waals surface area contributed by atoms with E-state index < -0.39 is 0 Å². The van der Waals surface area contributed by atoms with Crippen LogP contribution in [0.15, 0.2) is 12.3 Å². The first-order valence-corrected chi connectivity index (χ1v) is 6.92. The predicted octanol–water partition coefficient (Wildman–Crippen LogP) is 2.54. The fourth-order valence-corrected chi connectivity index (χ4v) is 3.36. The van der Waals surface area contributed by atoms with Crippen LogP contribution < -0.4 is 5.32 Å². The van der Waals surface area contributed by atoms with Crippen molar-refractivity contribution >= 4 is 5.82 Å². The third-order valence-electron chi connectivity index (χ3n) is 4.54. The summed E-state index contributed by atoms with van der Waals surface area (Å²) in [5.74, 6) is 1.78. The molecule has 4 nitrogen and oxygen atoms in total. The van der Waals surface area contributed by atoms with Crippen LogP contribution in [0, 0.1) is 12.3 Å². The van der Waals surface area contributed by atoms with Gasteiger partial charge in [-0.2, -0.15) is 0 Å². The highest BCUT2D eigenvalue weighted by atomic mass is 16.5. The van der Waals surface area contributed by atoms with E-state index in [1.807, 2.05) is 19.2 Å². The molecule has 2 saturated carbocycles. The first kappa shape index (κ1) is 11.9. The molecule has 0 aliphatic heterocycles. The van der Waals surface area contributed by atoms with E-state index in [1.165, 1.54) is 19.3 Å². The molecule has 2 aliphatic carbocycles. The molecular formula is C14H21N3O. The first-order valence-electron chi connectivity index (χ1n) is 6.92. The van der Waals surface area contributed by atoms with Crippen LogP contribution in [0.2, 0.25) is 0 Å². The van der Waals surface area contributed by atoms with E-state index in [9.17, 15) is 0 Å². The highest BCUT2D eigenvalue weighted by molar-refractivity contribution is 5.37. The number of anilines is 1. The Bertz CT molecular complexity index is 431. The zero-order valence-corrected chi connectivity index (χ0v) is 11.1. The monoisotopic (exact) mass is 247 g/mol. The van der Waals surface area contributed by atoms with Crippen molar-refractivity contribution in [2.75, 3.05) is 11.9 Å². The Morgan fingerprint density at radius 3 is 2.94 bits per heavy atom. The summed E-state index contributed by atoms with van der Waals surface area (Å²) < 4.78 is 5.85. The molecular weight excluding hydrogens is 226 g/mol. The Balaban J connectivity index is 1.68. The lowest BCUT2D eigenvalue weighted by atomic mass is 9.51. The van der Waals surface area contributed by atoms with E-state index in [4.69, 9.17) is 4.74 Å². The van der Waals surface area contributed by atoms with E-state index in [2.05, 4.69) is 22.2 Å². The number of aromatic nitrogens is 2. The molecule has 98 valence electrons. The van der Waals surface area contributed by atoms with Crippen LogP contribution in [0.5, 0.6) is 0 Å². The Morgan fingerprint density at radius 2 is 2.33 bits per heavy atom. The van der Waals surface area contributed by atoms with Gasteiger partial charge in [-0.25, -0.2) is 9.97 Å². The van der Waals surface area contributed by atoms with Gasteiger partial charge < -0.3 is 10.1 Å². The maximum atomic E-state index is 5.85. The van der Waals surface area contributed by atoms with Gasteiger partial charge in [0.25, 0.3) is 0 Å². The molecule has 1 spiro atoms. The van der Waals surface area contributed by atoms with Crippen molar-refractivity contribution in [2.45, 2.75) is 51.7 Å². The SMILES string of the molecule is CCO[C@@H]1C[C@@H](Nc2ccnc(C)n2)C12CCC2. The van der Waals surface area contributed by atoms with Crippen molar-refractivity contribution in [1.82, 2.24) is 9.97 Å². The minimum absolute atomic E-state index is 0.384. The molecule has 0 amide bonds. The van der Waals surface area contributed by atoms with Crippen molar-refractivity contribution in [3.63, 3.8) is 0 Å². The van der Waals surface area contributed by atoms with E-state index >= 15 is 0 Å². The highest BCUT2D eigenvalue weighted by Crippen LogP contribution is 2.57. The first-order chi connectivity index (χ1) is 8.74. The van der Waals surface area contributed by atoms with Gasteiger partial charge in [0.05, 0.1) is 6.10 Å². The van der Waals surface area contributed by atoms with Crippen LogP contribution in [0.4, 0.5) is 5.82 Å². The average molecular weight is 247 g/mol. The second kappa shape index (κ2) is 4.50. The van der Waals surface area contributed by atoms with Crippen molar-refractivity contribution in [1.29, 1.82) is 0 Å². The van der Waals surface area contributed by atoms with Gasteiger partial charge in [0.15, 0.2) is 0 Å². The number of hydrogen-bond acceptors (Lipinski definition) is 4. The van der Waals surface area contributed by atoms with Crippen LogP contribution in [-0.2, 0) is 4.74 Å². The number of nitrogens with zero attached hydrogens (tertiary/aromatic N) is 2. The van der Waals surface area contributed by atoms with Crippen molar-refractivity contribution in [2.24, 2.45) is 5.41 Å². The molecule has 0 unspecified atom stereocenters. The summed E-state index contributed by atoms with van der Waals surface area (Å²) in [5, 5.41) is 3.57. The Hall–Kier alpha value is -1.16. The molecule has 2 fully saturated rings. The zero-order chi connectivity index (χ0) is 12.6. The van der Waals surface area contributed by atoms with Gasteiger partial charge in [-0.05, 0) is 39.2 Å². The fraction of sp³-hybridized carbons (Fsp3) is 0.714. The van der Waals surface area contributed by atoms with Crippen molar-refractivity contribution in [3.05, 3.63) is 18.1 Å². The van der Waals surface area contributed by atoms with Crippen LogP contribution >= 0.6 is 0 Å². The summed E-state index contributed by atoms with van der Waals surface area (Å²) in [5.41, 5.74) is 0.384. The number of aryl methyl sites for hydroxylation is 1. The molecule has 2 aliphatic rings. The maximum Gasteiger partial charge on any atom is 0.129 e. The van der Waals surface area contributed by atoms with Gasteiger partial charge in [0.1, 0.15) is 11.6 Å². The molecule has 0 aromatic carbocycles. The molecule has 1 heterocycles. The zero-order valence-electron chi connectivity index (χ0n) is 11.1. The normalized spacial score (nSPS) is 28.6. The average Bonchev–Trinajstić information content (AvgIpc) is 2.25. The molecule has 1 aromatic heterocycles. The summed E-state index contributed by atoms with van der Waals surface area (Å²) in [6.45, 7) is 4.83. The predicted molar refractivity (Wildman–Crippen MR) is 70.5 cm³/mol. The van der Waals surface area contributed by atoms with Gasteiger partial charge in [-0.3, -0.25) is 0 Å². The largest absolute Gasteiger partial charge is 0.378 e. The minimum Gasteiger partial charge on any atom is -0.378 e. The topological polar surface area (TPSA) is 47.0 Å². The smallest absolute Gasteiger partial charge is 0.129 e.